The molecule has 0 amide bonds. The maximum absolute atomic E-state index is 11.5. The average molecular weight is 193 g/mol. The maximum atomic E-state index is 11.5. The summed E-state index contributed by atoms with van der Waals surface area (Å²) in [6.07, 6.45) is 5.30. The highest BCUT2D eigenvalue weighted by Gasteiger charge is 2.24. The minimum absolute atomic E-state index is 0.0153. The van der Waals surface area contributed by atoms with E-state index in [4.69, 9.17) is 0 Å². The quantitative estimate of drug-likeness (QED) is 0.731. The predicted molar refractivity (Wildman–Crippen MR) is 54.2 cm³/mol. The first-order valence-corrected chi connectivity index (χ1v) is 5.14. The molecule has 2 unspecified atom stereocenters. The van der Waals surface area contributed by atoms with E-state index in [0.29, 0.717) is 0 Å². The third-order valence-electron chi connectivity index (χ3n) is 2.90. The molecule has 1 N–H and O–H groups in total. The Bertz CT molecular complexity index is 358. The lowest BCUT2D eigenvalue weighted by atomic mass is 9.92. The van der Waals surface area contributed by atoms with Gasteiger partial charge in [-0.05, 0) is 18.9 Å². The zero-order valence-electron chi connectivity index (χ0n) is 8.10. The molecule has 1 aliphatic rings. The summed E-state index contributed by atoms with van der Waals surface area (Å²) in [5.74, 6) is 0. The molecule has 76 valence electrons. The maximum Gasteiger partial charge on any atom is 0.250 e. The first-order chi connectivity index (χ1) is 6.79. The summed E-state index contributed by atoms with van der Waals surface area (Å²) in [6, 6.07) is 5.09. The van der Waals surface area contributed by atoms with Gasteiger partial charge in [0.2, 0.25) is 0 Å². The molecule has 1 aromatic heterocycles. The monoisotopic (exact) mass is 193 g/mol. The lowest BCUT2D eigenvalue weighted by Gasteiger charge is -2.29. The highest BCUT2D eigenvalue weighted by Crippen LogP contribution is 2.27. The normalized spacial score (nSPS) is 27.5. The van der Waals surface area contributed by atoms with Crippen LogP contribution in [0.1, 0.15) is 31.7 Å². The minimum Gasteiger partial charge on any atom is -0.391 e. The molecule has 14 heavy (non-hydrogen) atoms. The molecular weight excluding hydrogens is 178 g/mol. The van der Waals surface area contributed by atoms with E-state index in [0.717, 1.165) is 25.7 Å². The molecule has 0 spiro atoms. The smallest absolute Gasteiger partial charge is 0.250 e. The summed E-state index contributed by atoms with van der Waals surface area (Å²) in [5, 5.41) is 9.79. The Morgan fingerprint density at radius 3 is 2.79 bits per heavy atom. The number of aromatic nitrogens is 1. The summed E-state index contributed by atoms with van der Waals surface area (Å²) in [7, 11) is 0. The molecule has 1 heterocycles. The summed E-state index contributed by atoms with van der Waals surface area (Å²) >= 11 is 0. The van der Waals surface area contributed by atoms with E-state index in [1.54, 1.807) is 22.9 Å². The molecule has 3 nitrogen and oxygen atoms in total. The van der Waals surface area contributed by atoms with Crippen molar-refractivity contribution >= 4 is 0 Å². The van der Waals surface area contributed by atoms with Crippen molar-refractivity contribution in [1.82, 2.24) is 4.57 Å². The van der Waals surface area contributed by atoms with Crippen molar-refractivity contribution < 1.29 is 5.11 Å². The lowest BCUT2D eigenvalue weighted by molar-refractivity contribution is 0.0738. The fraction of sp³-hybridized carbons (Fsp3) is 0.545. The topological polar surface area (TPSA) is 42.2 Å². The molecular formula is C11H15NO2. The standard InChI is InChI=1S/C11H15NO2/c13-10-6-2-1-5-9(10)12-8-4-3-7-11(12)14/h3-4,7-10,13H,1-2,5-6H2. The molecule has 0 aliphatic heterocycles. The number of aliphatic hydroxyl groups excluding tert-OH is 1. The van der Waals surface area contributed by atoms with Crippen LogP contribution in [0.5, 0.6) is 0 Å². The molecule has 0 radical (unpaired) electrons. The molecule has 1 aromatic rings. The van der Waals surface area contributed by atoms with Gasteiger partial charge in [0.15, 0.2) is 0 Å². The Labute approximate surface area is 83.0 Å². The highest BCUT2D eigenvalue weighted by atomic mass is 16.3. The number of pyridine rings is 1. The Morgan fingerprint density at radius 2 is 2.07 bits per heavy atom. The van der Waals surface area contributed by atoms with E-state index in [2.05, 4.69) is 0 Å². The first kappa shape index (κ1) is 9.46. The minimum atomic E-state index is -0.358. The molecule has 0 bridgehead atoms. The van der Waals surface area contributed by atoms with E-state index in [1.165, 1.54) is 0 Å². The molecule has 1 aliphatic carbocycles. The van der Waals surface area contributed by atoms with Crippen molar-refractivity contribution in [3.63, 3.8) is 0 Å². The summed E-state index contributed by atoms with van der Waals surface area (Å²) in [6.45, 7) is 0. The van der Waals surface area contributed by atoms with Crippen LogP contribution in [0.25, 0.3) is 0 Å². The number of hydrogen-bond donors (Lipinski definition) is 1. The second kappa shape index (κ2) is 3.96. The van der Waals surface area contributed by atoms with E-state index in [1.807, 2.05) is 6.07 Å². The van der Waals surface area contributed by atoms with Crippen molar-refractivity contribution in [1.29, 1.82) is 0 Å². The van der Waals surface area contributed by atoms with Gasteiger partial charge in [-0.15, -0.1) is 0 Å². The third-order valence-corrected chi connectivity index (χ3v) is 2.90. The van der Waals surface area contributed by atoms with Gasteiger partial charge in [-0.25, -0.2) is 0 Å². The van der Waals surface area contributed by atoms with Gasteiger partial charge in [-0.3, -0.25) is 4.79 Å². The Balaban J connectivity index is 2.29. The van der Waals surface area contributed by atoms with Gasteiger partial charge in [0.05, 0.1) is 12.1 Å². The SMILES string of the molecule is O=c1ccccn1C1CCCCC1O. The van der Waals surface area contributed by atoms with E-state index in [9.17, 15) is 9.90 Å². The third kappa shape index (κ3) is 1.73. The molecule has 2 atom stereocenters. The van der Waals surface area contributed by atoms with Gasteiger partial charge in [0.25, 0.3) is 5.56 Å². The van der Waals surface area contributed by atoms with Gasteiger partial charge in [0.1, 0.15) is 0 Å². The predicted octanol–water partition coefficient (Wildman–Crippen LogP) is 1.32. The number of hydrogen-bond acceptors (Lipinski definition) is 2. The van der Waals surface area contributed by atoms with Crippen LogP contribution < -0.4 is 5.56 Å². The fourth-order valence-electron chi connectivity index (χ4n) is 2.13. The van der Waals surface area contributed by atoms with E-state index in [-0.39, 0.29) is 17.7 Å². The van der Waals surface area contributed by atoms with Crippen molar-refractivity contribution in [2.75, 3.05) is 0 Å². The molecule has 2 rings (SSSR count). The van der Waals surface area contributed by atoms with Crippen LogP contribution in [0.2, 0.25) is 0 Å². The van der Waals surface area contributed by atoms with Crippen molar-refractivity contribution in [2.24, 2.45) is 0 Å². The highest BCUT2D eigenvalue weighted by molar-refractivity contribution is 4.97. The molecule has 3 heteroatoms. The van der Waals surface area contributed by atoms with Crippen LogP contribution >= 0.6 is 0 Å². The first-order valence-electron chi connectivity index (χ1n) is 5.14. The second-order valence-electron chi connectivity index (χ2n) is 3.87. The van der Waals surface area contributed by atoms with Crippen LogP contribution in [-0.4, -0.2) is 15.8 Å². The van der Waals surface area contributed by atoms with Crippen LogP contribution in [-0.2, 0) is 0 Å². The van der Waals surface area contributed by atoms with Gasteiger partial charge in [-0.1, -0.05) is 18.9 Å². The van der Waals surface area contributed by atoms with E-state index < -0.39 is 0 Å². The number of aliphatic hydroxyl groups is 1. The fourth-order valence-corrected chi connectivity index (χ4v) is 2.13. The molecule has 0 saturated heterocycles. The van der Waals surface area contributed by atoms with Crippen LogP contribution in [0.15, 0.2) is 29.2 Å². The Hall–Kier alpha value is -1.09. The van der Waals surface area contributed by atoms with Crippen LogP contribution in [0.3, 0.4) is 0 Å². The van der Waals surface area contributed by atoms with Gasteiger partial charge in [-0.2, -0.15) is 0 Å². The Morgan fingerprint density at radius 1 is 1.29 bits per heavy atom. The van der Waals surface area contributed by atoms with Crippen LogP contribution in [0, 0.1) is 0 Å². The second-order valence-corrected chi connectivity index (χ2v) is 3.87. The van der Waals surface area contributed by atoms with Gasteiger partial charge in [0, 0.05) is 12.3 Å². The Kier molecular flexibility index (Phi) is 2.68. The number of rotatable bonds is 1. The summed E-state index contributed by atoms with van der Waals surface area (Å²) in [5.41, 5.74) is -0.0153. The van der Waals surface area contributed by atoms with Crippen molar-refractivity contribution in [3.05, 3.63) is 34.7 Å². The molecule has 0 aromatic carbocycles. The van der Waals surface area contributed by atoms with E-state index >= 15 is 0 Å². The number of nitrogens with zero attached hydrogens (tertiary/aromatic N) is 1. The zero-order valence-corrected chi connectivity index (χ0v) is 8.10. The van der Waals surface area contributed by atoms with Gasteiger partial charge >= 0.3 is 0 Å². The van der Waals surface area contributed by atoms with Crippen molar-refractivity contribution in [2.45, 2.75) is 37.8 Å². The van der Waals surface area contributed by atoms with Crippen LogP contribution in [0.4, 0.5) is 0 Å². The molecule has 1 fully saturated rings. The van der Waals surface area contributed by atoms with Crippen molar-refractivity contribution in [3.8, 4) is 0 Å². The summed E-state index contributed by atoms with van der Waals surface area (Å²) < 4.78 is 1.66. The molecule has 1 saturated carbocycles. The lowest BCUT2D eigenvalue weighted by Crippen LogP contribution is -2.33. The average Bonchev–Trinajstić information content (AvgIpc) is 2.20. The summed E-state index contributed by atoms with van der Waals surface area (Å²) in [4.78, 5) is 11.5. The largest absolute Gasteiger partial charge is 0.391 e. The zero-order chi connectivity index (χ0) is 9.97. The van der Waals surface area contributed by atoms with Gasteiger partial charge < -0.3 is 9.67 Å².